The molecule has 3 heterocycles. The van der Waals surface area contributed by atoms with Gasteiger partial charge in [0.15, 0.2) is 15.6 Å². The number of halogens is 1. The second-order valence-corrected chi connectivity index (χ2v) is 12.0. The number of hydrogen-bond donors (Lipinski definition) is 1. The maximum absolute atomic E-state index is 15.0. The van der Waals surface area contributed by atoms with E-state index in [0.717, 1.165) is 0 Å². The summed E-state index contributed by atoms with van der Waals surface area (Å²) in [7, 11) is -1.80. The third kappa shape index (κ3) is 4.34. The average molecular weight is 498 g/mol. The van der Waals surface area contributed by atoms with Gasteiger partial charge in [0.1, 0.15) is 27.6 Å². The highest BCUT2D eigenvalue weighted by Crippen LogP contribution is 2.42. The molecule has 0 amide bonds. The predicted octanol–water partition coefficient (Wildman–Crippen LogP) is 2.97. The predicted molar refractivity (Wildman–Crippen MR) is 132 cm³/mol. The summed E-state index contributed by atoms with van der Waals surface area (Å²) in [6, 6.07) is 5.80. The number of pyridine rings is 1. The monoisotopic (exact) mass is 497 g/mol. The van der Waals surface area contributed by atoms with Crippen molar-refractivity contribution >= 4 is 27.1 Å². The summed E-state index contributed by atoms with van der Waals surface area (Å²) >= 11 is 0. The highest BCUT2D eigenvalue weighted by atomic mass is 32.2. The molecular weight excluding hydrogens is 469 g/mol. The lowest BCUT2D eigenvalue weighted by atomic mass is 9.89. The number of benzene rings is 1. The van der Waals surface area contributed by atoms with Gasteiger partial charge in [0.2, 0.25) is 5.69 Å². The maximum atomic E-state index is 15.0. The van der Waals surface area contributed by atoms with Crippen LogP contribution in [0.5, 0.6) is 0 Å². The lowest BCUT2D eigenvalue weighted by Gasteiger charge is -2.45. The first-order valence-corrected chi connectivity index (χ1v) is 13.0. The largest absolute Gasteiger partial charge is 0.386 e. The van der Waals surface area contributed by atoms with E-state index >= 15 is 4.39 Å². The zero-order chi connectivity index (χ0) is 25.6. The van der Waals surface area contributed by atoms with Crippen molar-refractivity contribution in [1.82, 2.24) is 9.88 Å². The van der Waals surface area contributed by atoms with Crippen LogP contribution in [0.1, 0.15) is 46.9 Å². The lowest BCUT2D eigenvalue weighted by Crippen LogP contribution is -2.62. The van der Waals surface area contributed by atoms with Gasteiger partial charge in [-0.15, -0.1) is 0 Å². The Kier molecular flexibility index (Phi) is 6.28. The van der Waals surface area contributed by atoms with Crippen LogP contribution in [0, 0.1) is 19.3 Å². The minimum atomic E-state index is -3.73. The number of amidine groups is 1. The highest BCUT2D eigenvalue weighted by Gasteiger charge is 2.55. The van der Waals surface area contributed by atoms with Crippen molar-refractivity contribution in [2.45, 2.75) is 43.4 Å². The molecule has 2 N–H and O–H groups in total. The molecule has 1 saturated heterocycles. The Morgan fingerprint density at radius 2 is 1.97 bits per heavy atom. The van der Waals surface area contributed by atoms with E-state index in [1.165, 1.54) is 24.4 Å². The van der Waals surface area contributed by atoms with Gasteiger partial charge in [-0.3, -0.25) is 14.8 Å². The van der Waals surface area contributed by atoms with Crippen LogP contribution in [0.4, 0.5) is 10.1 Å². The molecule has 0 bridgehead atoms. The van der Waals surface area contributed by atoms with E-state index in [-0.39, 0.29) is 35.0 Å². The Bertz CT molecular complexity index is 1370. The standard InChI is InChI=1S/C25H28FN5O3S/c1-16-11-18(28-3)14-29-22(16)21(32)13-17-5-6-20(26)19(12-17)24(2)15-35(33,34)25(23(27)30-24)7-9-31(4)10-8-25/h5-6,11-12,14H,7-10,13,15H2,1-2,4H3,(H2,27,30)/t24-/m0/s1. The summed E-state index contributed by atoms with van der Waals surface area (Å²) in [6.45, 7) is 11.5. The number of carbonyl (C=O) groups is 1. The maximum Gasteiger partial charge on any atom is 0.205 e. The zero-order valence-electron chi connectivity index (χ0n) is 20.0. The van der Waals surface area contributed by atoms with Crippen LogP contribution in [0.25, 0.3) is 4.85 Å². The topological polar surface area (TPSA) is 110 Å². The van der Waals surface area contributed by atoms with Crippen molar-refractivity contribution in [3.8, 4) is 0 Å². The number of sulfone groups is 1. The molecule has 1 fully saturated rings. The normalized spacial score (nSPS) is 23.5. The fraction of sp³-hybridized carbons (Fsp3) is 0.440. The van der Waals surface area contributed by atoms with Crippen molar-refractivity contribution in [1.29, 1.82) is 0 Å². The lowest BCUT2D eigenvalue weighted by molar-refractivity contribution is 0.0987. The van der Waals surface area contributed by atoms with Gasteiger partial charge in [0, 0.05) is 18.2 Å². The van der Waals surface area contributed by atoms with Gasteiger partial charge < -0.3 is 10.6 Å². The number of aromatic nitrogens is 1. The van der Waals surface area contributed by atoms with Gasteiger partial charge in [0.05, 0.1) is 12.3 Å². The van der Waals surface area contributed by atoms with Crippen molar-refractivity contribution in [2.75, 3.05) is 25.9 Å². The molecular formula is C25H28FN5O3S. The van der Waals surface area contributed by atoms with Gasteiger partial charge in [-0.2, -0.15) is 0 Å². The van der Waals surface area contributed by atoms with E-state index in [1.54, 1.807) is 19.9 Å². The van der Waals surface area contributed by atoms with E-state index in [4.69, 9.17) is 12.3 Å². The van der Waals surface area contributed by atoms with E-state index < -0.39 is 25.9 Å². The van der Waals surface area contributed by atoms with Crippen LogP contribution in [-0.4, -0.2) is 60.6 Å². The van der Waals surface area contributed by atoms with Crippen molar-refractivity contribution in [2.24, 2.45) is 10.7 Å². The number of ketones is 1. The number of aliphatic imine (C=N–C) groups is 1. The van der Waals surface area contributed by atoms with E-state index in [9.17, 15) is 13.2 Å². The quantitative estimate of drug-likeness (QED) is 0.514. The Morgan fingerprint density at radius 3 is 2.57 bits per heavy atom. The van der Waals surface area contributed by atoms with E-state index in [1.807, 2.05) is 11.9 Å². The van der Waals surface area contributed by atoms with Crippen LogP contribution < -0.4 is 5.73 Å². The van der Waals surface area contributed by atoms with Crippen LogP contribution >= 0.6 is 0 Å². The molecule has 2 aliphatic heterocycles. The van der Waals surface area contributed by atoms with Crippen LogP contribution in [0.3, 0.4) is 0 Å². The molecule has 184 valence electrons. The number of piperidine rings is 1. The number of nitrogens with two attached hydrogens (primary N) is 1. The molecule has 1 spiro atoms. The molecule has 0 radical (unpaired) electrons. The first-order valence-electron chi connectivity index (χ1n) is 11.3. The Hall–Kier alpha value is -3.16. The molecule has 8 nitrogen and oxygen atoms in total. The fourth-order valence-corrected chi connectivity index (χ4v) is 7.43. The second kappa shape index (κ2) is 8.81. The summed E-state index contributed by atoms with van der Waals surface area (Å²) < 4.78 is 40.9. The van der Waals surface area contributed by atoms with E-state index in [2.05, 4.69) is 14.8 Å². The third-order valence-electron chi connectivity index (χ3n) is 7.13. The molecule has 35 heavy (non-hydrogen) atoms. The minimum absolute atomic E-state index is 0.0277. The number of rotatable bonds is 4. The number of Topliss-reactive ketones (excluding diaryl/α,β-unsaturated/α-hetero) is 1. The number of aryl methyl sites for hydroxylation is 1. The van der Waals surface area contributed by atoms with Crippen LogP contribution in [0.15, 0.2) is 35.5 Å². The van der Waals surface area contributed by atoms with Gasteiger partial charge in [-0.25, -0.2) is 17.7 Å². The third-order valence-corrected chi connectivity index (χ3v) is 9.88. The first kappa shape index (κ1) is 24.9. The summed E-state index contributed by atoms with van der Waals surface area (Å²) in [5.41, 5.74) is 6.65. The van der Waals surface area contributed by atoms with Crippen LogP contribution in [-0.2, 0) is 21.8 Å². The van der Waals surface area contributed by atoms with Gasteiger partial charge in [0.25, 0.3) is 0 Å². The second-order valence-electron chi connectivity index (χ2n) is 9.71. The molecule has 0 unspecified atom stereocenters. The Labute approximate surface area is 204 Å². The Balaban J connectivity index is 1.68. The van der Waals surface area contributed by atoms with Crippen molar-refractivity contribution in [3.05, 3.63) is 70.1 Å². The molecule has 10 heteroatoms. The van der Waals surface area contributed by atoms with Crippen molar-refractivity contribution in [3.63, 3.8) is 0 Å². The number of hydrogen-bond acceptors (Lipinski definition) is 7. The molecule has 0 aliphatic carbocycles. The van der Waals surface area contributed by atoms with E-state index in [0.29, 0.717) is 42.7 Å². The average Bonchev–Trinajstić information content (AvgIpc) is 2.79. The molecule has 2 aliphatic rings. The first-order chi connectivity index (χ1) is 16.4. The fourth-order valence-electron chi connectivity index (χ4n) is 5.03. The number of likely N-dealkylation sites (tertiary alicyclic amines) is 1. The summed E-state index contributed by atoms with van der Waals surface area (Å²) in [5, 5.41) is 0. The molecule has 4 rings (SSSR count). The van der Waals surface area contributed by atoms with Gasteiger partial charge in [-0.1, -0.05) is 6.07 Å². The van der Waals surface area contributed by atoms with Crippen LogP contribution in [0.2, 0.25) is 0 Å². The molecule has 1 atom stereocenters. The van der Waals surface area contributed by atoms with Gasteiger partial charge >= 0.3 is 0 Å². The number of nitrogens with zero attached hydrogens (tertiary/aromatic N) is 4. The van der Waals surface area contributed by atoms with Crippen molar-refractivity contribution < 1.29 is 17.6 Å². The summed E-state index contributed by atoms with van der Waals surface area (Å²) in [4.78, 5) is 26.9. The molecule has 2 aromatic rings. The Morgan fingerprint density at radius 1 is 1.29 bits per heavy atom. The summed E-state index contributed by atoms with van der Waals surface area (Å²) in [6.07, 6.45) is 1.99. The molecule has 0 saturated carbocycles. The minimum Gasteiger partial charge on any atom is -0.386 e. The zero-order valence-corrected chi connectivity index (χ0v) is 20.8. The summed E-state index contributed by atoms with van der Waals surface area (Å²) in [5.74, 6) is -1.23. The molecule has 1 aromatic carbocycles. The smallest absolute Gasteiger partial charge is 0.205 e. The highest BCUT2D eigenvalue weighted by molar-refractivity contribution is 7.93. The van der Waals surface area contributed by atoms with Gasteiger partial charge in [-0.05, 0) is 76.2 Å². The molecule has 1 aromatic heterocycles. The number of carbonyl (C=O) groups excluding carboxylic acids is 1. The SMILES string of the molecule is [C-]#[N+]c1cnc(C(=O)Cc2ccc(F)c([C@]3(C)CS(=O)(=O)C4(CCN(C)CC4)C(N)=N3)c2)c(C)c1.